The predicted molar refractivity (Wildman–Crippen MR) is 113 cm³/mol. The quantitative estimate of drug-likeness (QED) is 0.280. The lowest BCUT2D eigenvalue weighted by Crippen LogP contribution is -2.09. The van der Waals surface area contributed by atoms with Gasteiger partial charge in [-0.05, 0) is 19.3 Å². The number of carboxylic acids is 1. The molecule has 0 spiro atoms. The topological polar surface area (TPSA) is 66.8 Å². The molecule has 1 saturated heterocycles. The molecule has 0 aromatic rings. The van der Waals surface area contributed by atoms with Gasteiger partial charge in [0.1, 0.15) is 0 Å². The SMILES string of the molecule is CCCCCCCCCCCCCCCCCC(=O)O.OCC1CCCO1. The van der Waals surface area contributed by atoms with Gasteiger partial charge in [-0.2, -0.15) is 0 Å². The summed E-state index contributed by atoms with van der Waals surface area (Å²) < 4.78 is 5.05. The third-order valence-corrected chi connectivity index (χ3v) is 5.22. The first-order valence-corrected chi connectivity index (χ1v) is 11.6. The number of aliphatic hydroxyl groups is 1. The van der Waals surface area contributed by atoms with Gasteiger partial charge in [0.15, 0.2) is 0 Å². The van der Waals surface area contributed by atoms with E-state index >= 15 is 0 Å². The van der Waals surface area contributed by atoms with Gasteiger partial charge < -0.3 is 14.9 Å². The molecule has 1 rings (SSSR count). The summed E-state index contributed by atoms with van der Waals surface area (Å²) >= 11 is 0. The van der Waals surface area contributed by atoms with Gasteiger partial charge in [0.25, 0.3) is 0 Å². The average Bonchev–Trinajstić information content (AvgIpc) is 3.19. The zero-order valence-electron chi connectivity index (χ0n) is 17.9. The monoisotopic (exact) mass is 386 g/mol. The summed E-state index contributed by atoms with van der Waals surface area (Å²) in [5.74, 6) is -0.653. The van der Waals surface area contributed by atoms with Crippen molar-refractivity contribution < 1.29 is 19.7 Å². The van der Waals surface area contributed by atoms with E-state index in [0.29, 0.717) is 6.42 Å². The Morgan fingerprint density at radius 1 is 0.815 bits per heavy atom. The Balaban J connectivity index is 0.000000797. The number of unbranched alkanes of at least 4 members (excludes halogenated alkanes) is 14. The van der Waals surface area contributed by atoms with E-state index in [-0.39, 0.29) is 12.7 Å². The van der Waals surface area contributed by atoms with Gasteiger partial charge in [-0.15, -0.1) is 0 Å². The van der Waals surface area contributed by atoms with Crippen LogP contribution in [-0.4, -0.2) is 35.5 Å². The summed E-state index contributed by atoms with van der Waals surface area (Å²) in [4.78, 5) is 10.3. The molecule has 27 heavy (non-hydrogen) atoms. The normalized spacial score (nSPS) is 16.1. The molecular weight excluding hydrogens is 340 g/mol. The van der Waals surface area contributed by atoms with E-state index in [0.717, 1.165) is 32.3 Å². The fraction of sp³-hybridized carbons (Fsp3) is 0.957. The summed E-state index contributed by atoms with van der Waals surface area (Å²) in [6.45, 7) is 3.30. The van der Waals surface area contributed by atoms with Crippen LogP contribution in [0.1, 0.15) is 122 Å². The number of hydrogen-bond acceptors (Lipinski definition) is 3. The first kappa shape index (κ1) is 26.4. The molecule has 0 bridgehead atoms. The molecule has 1 atom stereocenters. The Kier molecular flexibility index (Phi) is 21.2. The number of ether oxygens (including phenoxy) is 1. The second-order valence-electron chi connectivity index (χ2n) is 7.91. The minimum atomic E-state index is -0.653. The largest absolute Gasteiger partial charge is 0.481 e. The lowest BCUT2D eigenvalue weighted by molar-refractivity contribution is -0.137. The van der Waals surface area contributed by atoms with Gasteiger partial charge in [-0.3, -0.25) is 4.79 Å². The highest BCUT2D eigenvalue weighted by molar-refractivity contribution is 5.66. The van der Waals surface area contributed by atoms with E-state index in [1.54, 1.807) is 0 Å². The summed E-state index contributed by atoms with van der Waals surface area (Å²) in [7, 11) is 0. The van der Waals surface area contributed by atoms with Crippen molar-refractivity contribution in [2.24, 2.45) is 0 Å². The first-order valence-electron chi connectivity index (χ1n) is 11.6. The van der Waals surface area contributed by atoms with E-state index < -0.39 is 5.97 Å². The molecular formula is C23H46O4. The van der Waals surface area contributed by atoms with Crippen LogP contribution < -0.4 is 0 Å². The smallest absolute Gasteiger partial charge is 0.303 e. The van der Waals surface area contributed by atoms with Crippen LogP contribution in [0.2, 0.25) is 0 Å². The Labute approximate surface area is 168 Å². The Bertz CT molecular complexity index is 301. The van der Waals surface area contributed by atoms with Gasteiger partial charge in [0.2, 0.25) is 0 Å². The van der Waals surface area contributed by atoms with Crippen molar-refractivity contribution in [1.29, 1.82) is 0 Å². The third-order valence-electron chi connectivity index (χ3n) is 5.22. The molecule has 0 amide bonds. The van der Waals surface area contributed by atoms with Crippen molar-refractivity contribution in [3.63, 3.8) is 0 Å². The Morgan fingerprint density at radius 2 is 1.26 bits per heavy atom. The van der Waals surface area contributed by atoms with Crippen molar-refractivity contribution in [1.82, 2.24) is 0 Å². The van der Waals surface area contributed by atoms with Crippen LogP contribution in [0.3, 0.4) is 0 Å². The molecule has 162 valence electrons. The Morgan fingerprint density at radius 3 is 1.56 bits per heavy atom. The molecule has 4 nitrogen and oxygen atoms in total. The number of carbonyl (C=O) groups is 1. The van der Waals surface area contributed by atoms with Crippen LogP contribution in [0.4, 0.5) is 0 Å². The molecule has 1 aliphatic heterocycles. The highest BCUT2D eigenvalue weighted by atomic mass is 16.5. The summed E-state index contributed by atoms with van der Waals surface area (Å²) in [5.41, 5.74) is 0. The van der Waals surface area contributed by atoms with Crippen molar-refractivity contribution >= 4 is 5.97 Å². The van der Waals surface area contributed by atoms with Crippen molar-refractivity contribution in [3.05, 3.63) is 0 Å². The summed E-state index contributed by atoms with van der Waals surface area (Å²) in [5, 5.41) is 17.0. The van der Waals surface area contributed by atoms with Gasteiger partial charge in [-0.25, -0.2) is 0 Å². The van der Waals surface area contributed by atoms with E-state index in [1.807, 2.05) is 0 Å². The van der Waals surface area contributed by atoms with Crippen LogP contribution in [0, 0.1) is 0 Å². The van der Waals surface area contributed by atoms with E-state index in [2.05, 4.69) is 6.92 Å². The fourth-order valence-electron chi connectivity index (χ4n) is 3.44. The molecule has 1 unspecified atom stereocenters. The second kappa shape index (κ2) is 21.7. The minimum absolute atomic E-state index is 0.153. The van der Waals surface area contributed by atoms with E-state index in [9.17, 15) is 4.79 Å². The number of hydrogen-bond donors (Lipinski definition) is 2. The molecule has 0 aliphatic carbocycles. The van der Waals surface area contributed by atoms with Crippen LogP contribution in [-0.2, 0) is 9.53 Å². The molecule has 1 aliphatic rings. The molecule has 4 heteroatoms. The number of rotatable bonds is 17. The van der Waals surface area contributed by atoms with Gasteiger partial charge in [0, 0.05) is 13.0 Å². The third kappa shape index (κ3) is 21.5. The van der Waals surface area contributed by atoms with Gasteiger partial charge in [-0.1, -0.05) is 96.8 Å². The van der Waals surface area contributed by atoms with Crippen LogP contribution in [0.25, 0.3) is 0 Å². The maximum Gasteiger partial charge on any atom is 0.303 e. The van der Waals surface area contributed by atoms with Crippen LogP contribution in [0.15, 0.2) is 0 Å². The molecule has 0 radical (unpaired) electrons. The predicted octanol–water partition coefficient (Wildman–Crippen LogP) is 6.49. The number of aliphatic carboxylic acids is 1. The maximum absolute atomic E-state index is 10.3. The zero-order chi connectivity index (χ0) is 20.0. The highest BCUT2D eigenvalue weighted by Crippen LogP contribution is 2.13. The fourth-order valence-corrected chi connectivity index (χ4v) is 3.44. The molecule has 1 fully saturated rings. The number of carboxylic acid groups (broad SMARTS) is 1. The summed E-state index contributed by atoms with van der Waals surface area (Å²) in [6, 6.07) is 0. The molecule has 1 heterocycles. The second-order valence-corrected chi connectivity index (χ2v) is 7.91. The molecule has 0 aromatic carbocycles. The zero-order valence-corrected chi connectivity index (χ0v) is 17.9. The molecule has 0 aromatic heterocycles. The lowest BCUT2D eigenvalue weighted by atomic mass is 10.0. The lowest BCUT2D eigenvalue weighted by Gasteiger charge is -2.03. The standard InChI is InChI=1S/C18H36O2.C5H10O2/c1-2-3-4-5-6-7-8-9-10-11-12-13-14-15-16-17-18(19)20;6-4-5-2-1-3-7-5/h2-17H2,1H3,(H,19,20);5-6H,1-4H2. The van der Waals surface area contributed by atoms with E-state index in [1.165, 1.54) is 83.5 Å². The summed E-state index contributed by atoms with van der Waals surface area (Å²) in [6.07, 6.45) is 22.5. The maximum atomic E-state index is 10.3. The molecule has 2 N–H and O–H groups in total. The van der Waals surface area contributed by atoms with Gasteiger partial charge >= 0.3 is 5.97 Å². The van der Waals surface area contributed by atoms with Crippen molar-refractivity contribution in [2.75, 3.05) is 13.2 Å². The van der Waals surface area contributed by atoms with Crippen LogP contribution >= 0.6 is 0 Å². The average molecular weight is 387 g/mol. The van der Waals surface area contributed by atoms with Crippen LogP contribution in [0.5, 0.6) is 0 Å². The number of aliphatic hydroxyl groups excluding tert-OH is 1. The minimum Gasteiger partial charge on any atom is -0.481 e. The molecule has 0 saturated carbocycles. The van der Waals surface area contributed by atoms with E-state index in [4.69, 9.17) is 14.9 Å². The van der Waals surface area contributed by atoms with Gasteiger partial charge in [0.05, 0.1) is 12.7 Å². The van der Waals surface area contributed by atoms with Crippen molar-refractivity contribution in [2.45, 2.75) is 129 Å². The Hall–Kier alpha value is -0.610. The van der Waals surface area contributed by atoms with Crippen molar-refractivity contribution in [3.8, 4) is 0 Å². The first-order chi connectivity index (χ1) is 13.2. The highest BCUT2D eigenvalue weighted by Gasteiger charge is 2.12.